The number of rotatable bonds is 4. The summed E-state index contributed by atoms with van der Waals surface area (Å²) in [5, 5.41) is 10.5. The Morgan fingerprint density at radius 3 is 1.81 bits per heavy atom. The number of hydrogen-bond acceptors (Lipinski definition) is 1. The zero-order valence-electron chi connectivity index (χ0n) is 14.5. The molecule has 126 valence electrons. The summed E-state index contributed by atoms with van der Waals surface area (Å²) in [6.45, 7) is 0. The first-order valence-electron chi connectivity index (χ1n) is 8.81. The van der Waals surface area contributed by atoms with Crippen molar-refractivity contribution in [3.05, 3.63) is 114 Å². The predicted octanol–water partition coefficient (Wildman–Crippen LogP) is 6.32. The van der Waals surface area contributed by atoms with Crippen molar-refractivity contribution in [1.29, 1.82) is 0 Å². The molecule has 0 spiro atoms. The molecule has 0 saturated carbocycles. The van der Waals surface area contributed by atoms with Crippen LogP contribution in [0.1, 0.15) is 11.1 Å². The number of aromatic hydroxyl groups is 1. The van der Waals surface area contributed by atoms with E-state index in [0.717, 1.165) is 23.1 Å². The second kappa shape index (κ2) is 7.28. The highest BCUT2D eigenvalue weighted by molar-refractivity contribution is 5.70. The van der Waals surface area contributed by atoms with E-state index in [1.165, 1.54) is 16.7 Å². The van der Waals surface area contributed by atoms with Crippen LogP contribution in [-0.4, -0.2) is 5.11 Å². The molecular formula is C25H20O. The molecule has 26 heavy (non-hydrogen) atoms. The van der Waals surface area contributed by atoms with Gasteiger partial charge in [0.1, 0.15) is 5.75 Å². The molecule has 0 radical (unpaired) electrons. The minimum atomic E-state index is 0.327. The zero-order chi connectivity index (χ0) is 17.8. The quantitative estimate of drug-likeness (QED) is 0.462. The number of hydrogen-bond donors (Lipinski definition) is 1. The minimum Gasteiger partial charge on any atom is -0.507 e. The summed E-state index contributed by atoms with van der Waals surface area (Å²) in [6, 6.07) is 34.9. The van der Waals surface area contributed by atoms with Gasteiger partial charge >= 0.3 is 0 Å². The van der Waals surface area contributed by atoms with Gasteiger partial charge in [0.15, 0.2) is 0 Å². The van der Waals surface area contributed by atoms with Crippen molar-refractivity contribution in [3.63, 3.8) is 0 Å². The van der Waals surface area contributed by atoms with Crippen LogP contribution in [-0.2, 0) is 6.42 Å². The number of benzene rings is 4. The standard InChI is InChI=1S/C25H20O/c26-25-18-20(14-15-24(25)22-11-5-2-6-12-22)16-19-8-7-13-23(17-19)21-9-3-1-4-10-21/h1-15,17-18,26H,16H2. The van der Waals surface area contributed by atoms with E-state index in [4.69, 9.17) is 0 Å². The molecule has 0 aromatic heterocycles. The summed E-state index contributed by atoms with van der Waals surface area (Å²) in [4.78, 5) is 0. The maximum atomic E-state index is 10.5. The smallest absolute Gasteiger partial charge is 0.123 e. The fourth-order valence-corrected chi connectivity index (χ4v) is 3.28. The highest BCUT2D eigenvalue weighted by Gasteiger charge is 2.06. The van der Waals surface area contributed by atoms with E-state index in [2.05, 4.69) is 54.6 Å². The van der Waals surface area contributed by atoms with Gasteiger partial charge in [0.2, 0.25) is 0 Å². The molecule has 4 rings (SSSR count). The minimum absolute atomic E-state index is 0.327. The summed E-state index contributed by atoms with van der Waals surface area (Å²) in [5.74, 6) is 0.327. The molecule has 0 saturated heterocycles. The fourth-order valence-electron chi connectivity index (χ4n) is 3.28. The second-order valence-corrected chi connectivity index (χ2v) is 6.46. The Labute approximate surface area is 154 Å². The van der Waals surface area contributed by atoms with Gasteiger partial charge in [-0.3, -0.25) is 0 Å². The van der Waals surface area contributed by atoms with Crippen molar-refractivity contribution in [1.82, 2.24) is 0 Å². The topological polar surface area (TPSA) is 20.2 Å². The molecule has 1 heteroatoms. The lowest BCUT2D eigenvalue weighted by Crippen LogP contribution is -1.90. The zero-order valence-corrected chi connectivity index (χ0v) is 14.5. The first-order chi connectivity index (χ1) is 12.8. The predicted molar refractivity (Wildman–Crippen MR) is 108 cm³/mol. The van der Waals surface area contributed by atoms with E-state index in [-0.39, 0.29) is 0 Å². The molecule has 0 amide bonds. The van der Waals surface area contributed by atoms with E-state index in [1.807, 2.05) is 48.5 Å². The van der Waals surface area contributed by atoms with Gasteiger partial charge in [0, 0.05) is 5.56 Å². The lowest BCUT2D eigenvalue weighted by molar-refractivity contribution is 0.476. The third-order valence-electron chi connectivity index (χ3n) is 4.59. The summed E-state index contributed by atoms with van der Waals surface area (Å²) in [7, 11) is 0. The third-order valence-corrected chi connectivity index (χ3v) is 4.59. The first kappa shape index (κ1) is 16.2. The highest BCUT2D eigenvalue weighted by atomic mass is 16.3. The van der Waals surface area contributed by atoms with E-state index in [1.54, 1.807) is 0 Å². The van der Waals surface area contributed by atoms with Crippen molar-refractivity contribution in [3.8, 4) is 28.0 Å². The Morgan fingerprint density at radius 2 is 1.12 bits per heavy atom. The van der Waals surface area contributed by atoms with Gasteiger partial charge in [-0.1, -0.05) is 97.1 Å². The molecule has 0 aliphatic heterocycles. The molecule has 0 bridgehead atoms. The Balaban J connectivity index is 1.59. The Kier molecular flexibility index (Phi) is 4.53. The van der Waals surface area contributed by atoms with Gasteiger partial charge in [-0.05, 0) is 40.3 Å². The van der Waals surface area contributed by atoms with Crippen LogP contribution in [0.4, 0.5) is 0 Å². The average Bonchev–Trinajstić information content (AvgIpc) is 2.70. The number of phenolic OH excluding ortho intramolecular Hbond substituents is 1. The molecule has 1 nitrogen and oxygen atoms in total. The fraction of sp³-hybridized carbons (Fsp3) is 0.0400. The SMILES string of the molecule is Oc1cc(Cc2cccc(-c3ccccc3)c2)ccc1-c1ccccc1. The first-order valence-corrected chi connectivity index (χ1v) is 8.81. The van der Waals surface area contributed by atoms with E-state index < -0.39 is 0 Å². The van der Waals surface area contributed by atoms with Crippen molar-refractivity contribution >= 4 is 0 Å². The molecule has 4 aromatic rings. The van der Waals surface area contributed by atoms with Gasteiger partial charge in [-0.25, -0.2) is 0 Å². The molecular weight excluding hydrogens is 316 g/mol. The average molecular weight is 336 g/mol. The van der Waals surface area contributed by atoms with E-state index >= 15 is 0 Å². The summed E-state index contributed by atoms with van der Waals surface area (Å²) in [5.41, 5.74) is 6.67. The summed E-state index contributed by atoms with van der Waals surface area (Å²) in [6.07, 6.45) is 0.795. The van der Waals surface area contributed by atoms with E-state index in [0.29, 0.717) is 5.75 Å². The van der Waals surface area contributed by atoms with Crippen LogP contribution in [0.15, 0.2) is 103 Å². The van der Waals surface area contributed by atoms with Crippen molar-refractivity contribution in [2.45, 2.75) is 6.42 Å². The maximum absolute atomic E-state index is 10.5. The third kappa shape index (κ3) is 3.52. The van der Waals surface area contributed by atoms with Crippen LogP contribution < -0.4 is 0 Å². The van der Waals surface area contributed by atoms with Crippen LogP contribution in [0.25, 0.3) is 22.3 Å². The normalized spacial score (nSPS) is 10.6. The van der Waals surface area contributed by atoms with Crippen LogP contribution in [0, 0.1) is 0 Å². The molecule has 0 aliphatic carbocycles. The Hall–Kier alpha value is -3.32. The molecule has 1 N–H and O–H groups in total. The van der Waals surface area contributed by atoms with E-state index in [9.17, 15) is 5.11 Å². The van der Waals surface area contributed by atoms with Gasteiger partial charge < -0.3 is 5.11 Å². The molecule has 0 heterocycles. The van der Waals surface area contributed by atoms with Crippen LogP contribution in [0.2, 0.25) is 0 Å². The molecule has 0 unspecified atom stereocenters. The van der Waals surface area contributed by atoms with Crippen LogP contribution in [0.5, 0.6) is 5.75 Å². The molecule has 0 fully saturated rings. The van der Waals surface area contributed by atoms with Gasteiger partial charge in [0.05, 0.1) is 0 Å². The second-order valence-electron chi connectivity index (χ2n) is 6.46. The largest absolute Gasteiger partial charge is 0.507 e. The van der Waals surface area contributed by atoms with Gasteiger partial charge in [-0.15, -0.1) is 0 Å². The molecule has 0 atom stereocenters. The molecule has 0 aliphatic rings. The Morgan fingerprint density at radius 1 is 0.500 bits per heavy atom. The van der Waals surface area contributed by atoms with Crippen molar-refractivity contribution in [2.24, 2.45) is 0 Å². The lowest BCUT2D eigenvalue weighted by atomic mass is 9.97. The van der Waals surface area contributed by atoms with Gasteiger partial charge in [-0.2, -0.15) is 0 Å². The Bertz CT molecular complexity index is 1000. The highest BCUT2D eigenvalue weighted by Crippen LogP contribution is 2.30. The van der Waals surface area contributed by atoms with Crippen LogP contribution in [0.3, 0.4) is 0 Å². The summed E-state index contributed by atoms with van der Waals surface area (Å²) >= 11 is 0. The van der Waals surface area contributed by atoms with Crippen molar-refractivity contribution < 1.29 is 5.11 Å². The van der Waals surface area contributed by atoms with Crippen molar-refractivity contribution in [2.75, 3.05) is 0 Å². The monoisotopic (exact) mass is 336 g/mol. The maximum Gasteiger partial charge on any atom is 0.123 e. The number of phenols is 1. The van der Waals surface area contributed by atoms with Crippen LogP contribution >= 0.6 is 0 Å². The lowest BCUT2D eigenvalue weighted by Gasteiger charge is -2.09. The van der Waals surface area contributed by atoms with Gasteiger partial charge in [0.25, 0.3) is 0 Å². The molecule has 4 aromatic carbocycles. The summed E-state index contributed by atoms with van der Waals surface area (Å²) < 4.78 is 0.